The Morgan fingerprint density at radius 1 is 1.44 bits per heavy atom. The molecule has 0 aliphatic heterocycles. The molecular formula is C13H14N2O2S. The van der Waals surface area contributed by atoms with Gasteiger partial charge in [-0.1, -0.05) is 18.2 Å². The van der Waals surface area contributed by atoms with Gasteiger partial charge in [0.05, 0.1) is 5.52 Å². The SMILES string of the molecule is CSCCNc1nc2ccccc2cc1C(=O)O. The smallest absolute Gasteiger partial charge is 0.339 e. The number of carboxylic acid groups (broad SMARTS) is 1. The van der Waals surface area contributed by atoms with Crippen LogP contribution in [0.3, 0.4) is 0 Å². The number of fused-ring (bicyclic) bond motifs is 1. The van der Waals surface area contributed by atoms with E-state index in [1.807, 2.05) is 30.5 Å². The summed E-state index contributed by atoms with van der Waals surface area (Å²) in [6.07, 6.45) is 2.01. The standard InChI is InChI=1S/C13H14N2O2S/c1-18-7-6-14-12-10(13(16)17)8-9-4-2-3-5-11(9)15-12/h2-5,8H,6-7H2,1H3,(H,14,15)(H,16,17). The van der Waals surface area contributed by atoms with E-state index in [2.05, 4.69) is 10.3 Å². The predicted octanol–water partition coefficient (Wildman–Crippen LogP) is 2.71. The Bertz CT molecular complexity index is 572. The van der Waals surface area contributed by atoms with Crippen LogP contribution in [0.25, 0.3) is 10.9 Å². The molecule has 0 spiro atoms. The summed E-state index contributed by atoms with van der Waals surface area (Å²) in [5.41, 5.74) is 1.02. The number of benzene rings is 1. The Hall–Kier alpha value is -1.75. The van der Waals surface area contributed by atoms with Crippen LogP contribution in [0.15, 0.2) is 30.3 Å². The molecule has 0 unspecified atom stereocenters. The highest BCUT2D eigenvalue weighted by Gasteiger charge is 2.12. The van der Waals surface area contributed by atoms with Gasteiger partial charge in [0, 0.05) is 17.7 Å². The molecule has 0 amide bonds. The van der Waals surface area contributed by atoms with E-state index < -0.39 is 5.97 Å². The molecule has 1 aromatic heterocycles. The highest BCUT2D eigenvalue weighted by Crippen LogP contribution is 2.20. The summed E-state index contributed by atoms with van der Waals surface area (Å²) in [7, 11) is 0. The molecule has 5 heteroatoms. The number of nitrogens with one attached hydrogen (secondary N) is 1. The number of hydrogen-bond donors (Lipinski definition) is 2. The summed E-state index contributed by atoms with van der Waals surface area (Å²) in [5.74, 6) is 0.392. The molecule has 0 aliphatic carbocycles. The highest BCUT2D eigenvalue weighted by atomic mass is 32.2. The molecular weight excluding hydrogens is 248 g/mol. The van der Waals surface area contributed by atoms with Gasteiger partial charge in [0.15, 0.2) is 0 Å². The van der Waals surface area contributed by atoms with E-state index in [1.54, 1.807) is 17.8 Å². The van der Waals surface area contributed by atoms with Crippen molar-refractivity contribution in [3.63, 3.8) is 0 Å². The maximum absolute atomic E-state index is 11.2. The van der Waals surface area contributed by atoms with E-state index >= 15 is 0 Å². The Morgan fingerprint density at radius 2 is 2.22 bits per heavy atom. The maximum Gasteiger partial charge on any atom is 0.339 e. The van der Waals surface area contributed by atoms with Crippen LogP contribution >= 0.6 is 11.8 Å². The van der Waals surface area contributed by atoms with E-state index in [-0.39, 0.29) is 5.56 Å². The first kappa shape index (κ1) is 12.7. The van der Waals surface area contributed by atoms with Crippen LogP contribution in [-0.4, -0.2) is 34.6 Å². The molecule has 0 radical (unpaired) electrons. The largest absolute Gasteiger partial charge is 0.478 e. The zero-order valence-corrected chi connectivity index (χ0v) is 10.8. The fourth-order valence-corrected chi connectivity index (χ4v) is 1.99. The lowest BCUT2D eigenvalue weighted by Gasteiger charge is -2.09. The van der Waals surface area contributed by atoms with Crippen molar-refractivity contribution in [1.82, 2.24) is 4.98 Å². The van der Waals surface area contributed by atoms with Crippen LogP contribution in [0.1, 0.15) is 10.4 Å². The van der Waals surface area contributed by atoms with Gasteiger partial charge in [0.25, 0.3) is 0 Å². The highest BCUT2D eigenvalue weighted by molar-refractivity contribution is 7.98. The van der Waals surface area contributed by atoms with Crippen molar-refractivity contribution in [2.75, 3.05) is 23.9 Å². The molecule has 2 N–H and O–H groups in total. The minimum absolute atomic E-state index is 0.217. The molecule has 2 rings (SSSR count). The molecule has 0 aliphatic rings. The molecule has 4 nitrogen and oxygen atoms in total. The number of anilines is 1. The zero-order valence-electron chi connectivity index (χ0n) is 10.0. The van der Waals surface area contributed by atoms with Crippen molar-refractivity contribution in [2.24, 2.45) is 0 Å². The third kappa shape index (κ3) is 2.73. The van der Waals surface area contributed by atoms with Gasteiger partial charge in [-0.15, -0.1) is 0 Å². The first-order chi connectivity index (χ1) is 8.72. The number of carbonyl (C=O) groups is 1. The van der Waals surface area contributed by atoms with Crippen molar-refractivity contribution in [2.45, 2.75) is 0 Å². The van der Waals surface area contributed by atoms with E-state index in [4.69, 9.17) is 0 Å². The maximum atomic E-state index is 11.2. The number of hydrogen-bond acceptors (Lipinski definition) is 4. The normalized spacial score (nSPS) is 10.5. The lowest BCUT2D eigenvalue weighted by atomic mass is 10.1. The second kappa shape index (κ2) is 5.73. The van der Waals surface area contributed by atoms with Crippen LogP contribution in [-0.2, 0) is 0 Å². The lowest BCUT2D eigenvalue weighted by molar-refractivity contribution is 0.0698. The van der Waals surface area contributed by atoms with Crippen LogP contribution in [0.2, 0.25) is 0 Å². The first-order valence-electron chi connectivity index (χ1n) is 5.58. The van der Waals surface area contributed by atoms with Crippen molar-refractivity contribution >= 4 is 34.5 Å². The summed E-state index contributed by atoms with van der Waals surface area (Å²) in [6.45, 7) is 0.701. The summed E-state index contributed by atoms with van der Waals surface area (Å²) in [5, 5.41) is 13.1. The second-order valence-corrected chi connectivity index (χ2v) is 4.79. The number of nitrogens with zero attached hydrogens (tertiary/aromatic N) is 1. The van der Waals surface area contributed by atoms with E-state index in [0.29, 0.717) is 12.4 Å². The number of aromatic carboxylic acids is 1. The average Bonchev–Trinajstić information content (AvgIpc) is 2.38. The fraction of sp³-hybridized carbons (Fsp3) is 0.231. The summed E-state index contributed by atoms with van der Waals surface area (Å²) in [4.78, 5) is 15.6. The monoisotopic (exact) mass is 262 g/mol. The first-order valence-corrected chi connectivity index (χ1v) is 6.97. The number of aromatic nitrogens is 1. The van der Waals surface area contributed by atoms with Gasteiger partial charge in [-0.25, -0.2) is 9.78 Å². The van der Waals surface area contributed by atoms with Crippen LogP contribution in [0, 0.1) is 0 Å². The van der Waals surface area contributed by atoms with Gasteiger partial charge in [0.1, 0.15) is 11.4 Å². The Morgan fingerprint density at radius 3 is 2.94 bits per heavy atom. The van der Waals surface area contributed by atoms with E-state index in [0.717, 1.165) is 16.7 Å². The topological polar surface area (TPSA) is 62.2 Å². The molecule has 94 valence electrons. The predicted molar refractivity (Wildman–Crippen MR) is 75.6 cm³/mol. The van der Waals surface area contributed by atoms with Crippen molar-refractivity contribution in [3.8, 4) is 0 Å². The third-order valence-electron chi connectivity index (χ3n) is 2.55. The Labute approximate surface area is 109 Å². The third-order valence-corrected chi connectivity index (χ3v) is 3.17. The Balaban J connectivity index is 2.41. The van der Waals surface area contributed by atoms with Gasteiger partial charge >= 0.3 is 5.97 Å². The molecule has 0 saturated carbocycles. The number of carboxylic acids is 1. The minimum atomic E-state index is -0.958. The summed E-state index contributed by atoms with van der Waals surface area (Å²) in [6, 6.07) is 9.16. The molecule has 1 heterocycles. The molecule has 0 fully saturated rings. The summed E-state index contributed by atoms with van der Waals surface area (Å²) >= 11 is 1.70. The number of para-hydroxylation sites is 1. The second-order valence-electron chi connectivity index (χ2n) is 3.80. The van der Waals surface area contributed by atoms with Crippen LogP contribution in [0.4, 0.5) is 5.82 Å². The van der Waals surface area contributed by atoms with Crippen molar-refractivity contribution in [1.29, 1.82) is 0 Å². The van der Waals surface area contributed by atoms with Gasteiger partial charge in [-0.2, -0.15) is 11.8 Å². The number of thioether (sulfide) groups is 1. The number of pyridine rings is 1. The fourth-order valence-electron chi connectivity index (χ4n) is 1.69. The summed E-state index contributed by atoms with van der Waals surface area (Å²) < 4.78 is 0. The molecule has 18 heavy (non-hydrogen) atoms. The van der Waals surface area contributed by atoms with Gasteiger partial charge < -0.3 is 10.4 Å². The molecule has 2 aromatic rings. The van der Waals surface area contributed by atoms with Crippen LogP contribution < -0.4 is 5.32 Å². The van der Waals surface area contributed by atoms with Gasteiger partial charge in [-0.3, -0.25) is 0 Å². The molecule has 0 saturated heterocycles. The molecule has 1 aromatic carbocycles. The molecule has 0 atom stereocenters. The Kier molecular flexibility index (Phi) is 4.04. The van der Waals surface area contributed by atoms with Crippen molar-refractivity contribution in [3.05, 3.63) is 35.9 Å². The van der Waals surface area contributed by atoms with E-state index in [9.17, 15) is 9.90 Å². The average molecular weight is 262 g/mol. The minimum Gasteiger partial charge on any atom is -0.478 e. The van der Waals surface area contributed by atoms with Gasteiger partial charge in [0.2, 0.25) is 0 Å². The lowest BCUT2D eigenvalue weighted by Crippen LogP contribution is -2.11. The zero-order chi connectivity index (χ0) is 13.0. The quantitative estimate of drug-likeness (QED) is 0.811. The van der Waals surface area contributed by atoms with Gasteiger partial charge in [-0.05, 0) is 18.4 Å². The van der Waals surface area contributed by atoms with Crippen LogP contribution in [0.5, 0.6) is 0 Å². The number of rotatable bonds is 5. The molecule has 0 bridgehead atoms. The van der Waals surface area contributed by atoms with E-state index in [1.165, 1.54) is 0 Å². The van der Waals surface area contributed by atoms with Crippen molar-refractivity contribution < 1.29 is 9.90 Å².